The van der Waals surface area contributed by atoms with Crippen molar-refractivity contribution in [1.82, 2.24) is 4.72 Å². The molecule has 5 nitrogen and oxygen atoms in total. The van der Waals surface area contributed by atoms with Crippen LogP contribution in [0.4, 0.5) is 0 Å². The standard InChI is InChI=1S/C35H48N2O3S/c1-20(2)25-17-27(21(3)4)34(28(18-25)22(5)6)41(38,39)37-32-29-19-26(35(8,9)10)14-15-30(29)40-33(31(32)36)24-13-11-12-23(7)16-24/h11-22,31-33,37H,36H2,1-10H3/t31-,32-,33+/m1/s1. The summed E-state index contributed by atoms with van der Waals surface area (Å²) in [5.74, 6) is 1.00. The molecule has 0 radical (unpaired) electrons. The van der Waals surface area contributed by atoms with Crippen molar-refractivity contribution in [2.45, 2.75) is 115 Å². The van der Waals surface area contributed by atoms with Gasteiger partial charge in [0.15, 0.2) is 0 Å². The van der Waals surface area contributed by atoms with Crippen LogP contribution in [0.3, 0.4) is 0 Å². The lowest BCUT2D eigenvalue weighted by Gasteiger charge is -2.39. The van der Waals surface area contributed by atoms with Gasteiger partial charge in [-0.3, -0.25) is 0 Å². The van der Waals surface area contributed by atoms with E-state index in [1.807, 2.05) is 31.2 Å². The van der Waals surface area contributed by atoms with Crippen LogP contribution < -0.4 is 15.2 Å². The molecule has 0 spiro atoms. The van der Waals surface area contributed by atoms with Crippen LogP contribution in [-0.4, -0.2) is 14.5 Å². The number of benzene rings is 3. The summed E-state index contributed by atoms with van der Waals surface area (Å²) in [6.45, 7) is 21.0. The van der Waals surface area contributed by atoms with Gasteiger partial charge in [0.2, 0.25) is 10.0 Å². The Kier molecular flexibility index (Phi) is 8.80. The summed E-state index contributed by atoms with van der Waals surface area (Å²) >= 11 is 0. The molecule has 3 aromatic rings. The molecule has 1 aliphatic rings. The molecule has 222 valence electrons. The lowest BCUT2D eigenvalue weighted by molar-refractivity contribution is 0.132. The molecule has 0 bridgehead atoms. The van der Waals surface area contributed by atoms with Crippen LogP contribution in [-0.2, 0) is 15.4 Å². The fourth-order valence-corrected chi connectivity index (χ4v) is 7.61. The predicted octanol–water partition coefficient (Wildman–Crippen LogP) is 8.14. The third-order valence-corrected chi connectivity index (χ3v) is 9.77. The van der Waals surface area contributed by atoms with E-state index in [0.717, 1.165) is 38.9 Å². The number of nitrogens with two attached hydrogens (primary N) is 1. The van der Waals surface area contributed by atoms with Crippen molar-refractivity contribution in [3.63, 3.8) is 0 Å². The lowest BCUT2D eigenvalue weighted by atomic mass is 9.82. The first kappa shape index (κ1) is 31.3. The van der Waals surface area contributed by atoms with E-state index in [-0.39, 0.29) is 23.2 Å². The summed E-state index contributed by atoms with van der Waals surface area (Å²) in [5, 5.41) is 0. The van der Waals surface area contributed by atoms with Gasteiger partial charge in [0, 0.05) is 5.56 Å². The number of sulfonamides is 1. The number of hydrogen-bond acceptors (Lipinski definition) is 4. The molecule has 3 N–H and O–H groups in total. The van der Waals surface area contributed by atoms with Crippen LogP contribution in [0.5, 0.6) is 5.75 Å². The van der Waals surface area contributed by atoms with Crippen molar-refractivity contribution in [2.75, 3.05) is 0 Å². The van der Waals surface area contributed by atoms with Crippen LogP contribution in [0.1, 0.15) is 131 Å². The molecule has 0 fully saturated rings. The lowest BCUT2D eigenvalue weighted by Crippen LogP contribution is -2.48. The Bertz CT molecular complexity index is 1490. The number of nitrogens with one attached hydrogen (secondary N) is 1. The Morgan fingerprint density at radius 2 is 1.46 bits per heavy atom. The minimum atomic E-state index is -3.98. The number of aryl methyl sites for hydroxylation is 1. The quantitative estimate of drug-likeness (QED) is 0.297. The first-order valence-electron chi connectivity index (χ1n) is 14.8. The second-order valence-corrected chi connectivity index (χ2v) is 15.3. The molecule has 0 saturated carbocycles. The van der Waals surface area contributed by atoms with Gasteiger partial charge in [0.05, 0.1) is 17.0 Å². The van der Waals surface area contributed by atoms with Gasteiger partial charge in [-0.25, -0.2) is 13.1 Å². The summed E-state index contributed by atoms with van der Waals surface area (Å²) in [6, 6.07) is 17.0. The smallest absolute Gasteiger partial charge is 0.241 e. The maximum Gasteiger partial charge on any atom is 0.241 e. The van der Waals surface area contributed by atoms with Crippen LogP contribution in [0, 0.1) is 6.92 Å². The molecule has 41 heavy (non-hydrogen) atoms. The van der Waals surface area contributed by atoms with E-state index in [4.69, 9.17) is 10.5 Å². The normalized spacial score (nSPS) is 19.5. The summed E-state index contributed by atoms with van der Waals surface area (Å²) in [7, 11) is -3.98. The summed E-state index contributed by atoms with van der Waals surface area (Å²) < 4.78 is 38.7. The van der Waals surface area contributed by atoms with Crippen molar-refractivity contribution in [2.24, 2.45) is 5.73 Å². The average Bonchev–Trinajstić information content (AvgIpc) is 2.88. The van der Waals surface area contributed by atoms with E-state index in [1.165, 1.54) is 0 Å². The highest BCUT2D eigenvalue weighted by Gasteiger charge is 2.41. The summed E-state index contributed by atoms with van der Waals surface area (Å²) in [6.07, 6.45) is -0.506. The SMILES string of the molecule is Cc1cccc([C@@H]2Oc3ccc(C(C)(C)C)cc3[C@@H](NS(=O)(=O)c3c(C(C)C)cc(C(C)C)cc3C(C)C)[C@H]2N)c1. The topological polar surface area (TPSA) is 81.4 Å². The van der Waals surface area contributed by atoms with Gasteiger partial charge in [-0.2, -0.15) is 0 Å². The molecule has 0 amide bonds. The van der Waals surface area contributed by atoms with Crippen molar-refractivity contribution in [3.8, 4) is 5.75 Å². The number of hydrogen-bond donors (Lipinski definition) is 2. The fourth-order valence-electron chi connectivity index (χ4n) is 5.67. The van der Waals surface area contributed by atoms with Gasteiger partial charge in [-0.1, -0.05) is 110 Å². The molecule has 1 aliphatic heterocycles. The molecular weight excluding hydrogens is 528 g/mol. The largest absolute Gasteiger partial charge is 0.484 e. The highest BCUT2D eigenvalue weighted by molar-refractivity contribution is 7.89. The molecule has 0 aliphatic carbocycles. The first-order valence-corrected chi connectivity index (χ1v) is 16.3. The van der Waals surface area contributed by atoms with Crippen LogP contribution >= 0.6 is 0 Å². The third kappa shape index (κ3) is 6.40. The fraction of sp³-hybridized carbons (Fsp3) is 0.486. The van der Waals surface area contributed by atoms with Gasteiger partial charge >= 0.3 is 0 Å². The monoisotopic (exact) mass is 576 g/mol. The number of fused-ring (bicyclic) bond motifs is 1. The first-order chi connectivity index (χ1) is 19.0. The molecular formula is C35H48N2O3S. The van der Waals surface area contributed by atoms with Crippen molar-refractivity contribution in [1.29, 1.82) is 0 Å². The van der Waals surface area contributed by atoms with Crippen LogP contribution in [0.15, 0.2) is 59.5 Å². The van der Waals surface area contributed by atoms with Gasteiger partial charge in [-0.05, 0) is 70.0 Å². The maximum atomic E-state index is 14.6. The van der Waals surface area contributed by atoms with Gasteiger partial charge in [0.1, 0.15) is 11.9 Å². The van der Waals surface area contributed by atoms with Crippen molar-refractivity contribution < 1.29 is 13.2 Å². The molecule has 0 aromatic heterocycles. The summed E-state index contributed by atoms with van der Waals surface area (Å²) in [4.78, 5) is 0.381. The van der Waals surface area contributed by atoms with Gasteiger partial charge < -0.3 is 10.5 Å². The van der Waals surface area contributed by atoms with Crippen LogP contribution in [0.2, 0.25) is 0 Å². The highest BCUT2D eigenvalue weighted by Crippen LogP contribution is 2.44. The van der Waals surface area contributed by atoms with Gasteiger partial charge in [-0.15, -0.1) is 0 Å². The van der Waals surface area contributed by atoms with E-state index in [1.54, 1.807) is 0 Å². The van der Waals surface area contributed by atoms with E-state index < -0.39 is 28.2 Å². The molecule has 6 heteroatoms. The Hall–Kier alpha value is -2.67. The van der Waals surface area contributed by atoms with E-state index >= 15 is 0 Å². The molecule has 3 aromatic carbocycles. The Balaban J connectivity index is 1.91. The average molecular weight is 577 g/mol. The number of rotatable bonds is 7. The van der Waals surface area contributed by atoms with E-state index in [0.29, 0.717) is 10.6 Å². The zero-order valence-corrected chi connectivity index (χ0v) is 27.2. The summed E-state index contributed by atoms with van der Waals surface area (Å²) in [5.41, 5.74) is 13.6. The van der Waals surface area contributed by atoms with Crippen molar-refractivity contribution in [3.05, 3.63) is 93.5 Å². The van der Waals surface area contributed by atoms with Crippen molar-refractivity contribution >= 4 is 10.0 Å². The Morgan fingerprint density at radius 1 is 0.854 bits per heavy atom. The molecule has 0 saturated heterocycles. The number of ether oxygens (including phenoxy) is 1. The second-order valence-electron chi connectivity index (χ2n) is 13.6. The Morgan fingerprint density at radius 3 is 1.98 bits per heavy atom. The molecule has 1 heterocycles. The minimum Gasteiger partial charge on any atom is -0.484 e. The predicted molar refractivity (Wildman–Crippen MR) is 169 cm³/mol. The molecule has 3 atom stereocenters. The third-order valence-electron chi connectivity index (χ3n) is 8.20. The van der Waals surface area contributed by atoms with Gasteiger partial charge in [0.25, 0.3) is 0 Å². The zero-order valence-electron chi connectivity index (χ0n) is 26.4. The van der Waals surface area contributed by atoms with E-state index in [9.17, 15) is 8.42 Å². The highest BCUT2D eigenvalue weighted by atomic mass is 32.2. The minimum absolute atomic E-state index is 0.0287. The van der Waals surface area contributed by atoms with Crippen LogP contribution in [0.25, 0.3) is 0 Å². The molecule has 4 rings (SSSR count). The van der Waals surface area contributed by atoms with E-state index in [2.05, 4.69) is 97.4 Å². The maximum absolute atomic E-state index is 14.6. The Labute approximate surface area is 248 Å². The zero-order chi connectivity index (χ0) is 30.4. The molecule has 0 unspecified atom stereocenters. The second kappa shape index (κ2) is 11.5.